The number of nitrogens with one attached hydrogen (secondary N) is 1. The molecule has 1 unspecified atom stereocenters. The van der Waals surface area contributed by atoms with Gasteiger partial charge in [0.1, 0.15) is 0 Å². The molecule has 2 heteroatoms. The van der Waals surface area contributed by atoms with Crippen LogP contribution in [0.4, 0.5) is 0 Å². The van der Waals surface area contributed by atoms with Gasteiger partial charge in [0.05, 0.1) is 5.37 Å². The van der Waals surface area contributed by atoms with Gasteiger partial charge in [-0.15, -0.1) is 11.8 Å². The Balaban J connectivity index is 2.07. The predicted octanol–water partition coefficient (Wildman–Crippen LogP) is 2.97. The molecular weight excluding hydrogens is 190 g/mol. The van der Waals surface area contributed by atoms with Gasteiger partial charge in [0.25, 0.3) is 0 Å². The molecule has 0 amide bonds. The highest BCUT2D eigenvalue weighted by Gasteiger charge is 2.14. The summed E-state index contributed by atoms with van der Waals surface area (Å²) < 4.78 is 0. The summed E-state index contributed by atoms with van der Waals surface area (Å²) >= 11 is 2.02. The minimum Gasteiger partial charge on any atom is -0.302 e. The molecule has 0 spiro atoms. The summed E-state index contributed by atoms with van der Waals surface area (Å²) in [5.74, 6) is 1.28. The third-order valence-electron chi connectivity index (χ3n) is 2.63. The highest BCUT2D eigenvalue weighted by molar-refractivity contribution is 7.99. The molecule has 0 radical (unpaired) electrons. The maximum atomic E-state index is 3.54. The van der Waals surface area contributed by atoms with Crippen molar-refractivity contribution in [3.05, 3.63) is 35.4 Å². The van der Waals surface area contributed by atoms with Crippen LogP contribution >= 0.6 is 11.8 Å². The van der Waals surface area contributed by atoms with Crippen LogP contribution in [-0.2, 0) is 6.42 Å². The summed E-state index contributed by atoms with van der Waals surface area (Å²) in [5.41, 5.74) is 2.85. The Morgan fingerprint density at radius 2 is 2.14 bits per heavy atom. The van der Waals surface area contributed by atoms with Crippen LogP contribution in [0.3, 0.4) is 0 Å². The van der Waals surface area contributed by atoms with Crippen molar-refractivity contribution in [2.75, 3.05) is 12.3 Å². The van der Waals surface area contributed by atoms with E-state index in [4.69, 9.17) is 0 Å². The van der Waals surface area contributed by atoms with E-state index in [2.05, 4.69) is 36.5 Å². The fourth-order valence-electron chi connectivity index (χ4n) is 1.71. The van der Waals surface area contributed by atoms with Crippen molar-refractivity contribution in [1.82, 2.24) is 5.32 Å². The molecule has 1 aliphatic heterocycles. The maximum absolute atomic E-state index is 3.54. The lowest BCUT2D eigenvalue weighted by atomic mass is 10.1. The van der Waals surface area contributed by atoms with Crippen molar-refractivity contribution < 1.29 is 0 Å². The third kappa shape index (κ3) is 2.31. The SMILES string of the molecule is CCc1ccc(C2NCCCS2)cc1. The molecule has 0 saturated carbocycles. The molecule has 1 aromatic rings. The van der Waals surface area contributed by atoms with Crippen LogP contribution in [0.25, 0.3) is 0 Å². The minimum atomic E-state index is 0.523. The summed E-state index contributed by atoms with van der Waals surface area (Å²) in [6, 6.07) is 9.00. The van der Waals surface area contributed by atoms with Crippen molar-refractivity contribution >= 4 is 11.8 Å². The fraction of sp³-hybridized carbons (Fsp3) is 0.500. The molecule has 1 atom stereocenters. The van der Waals surface area contributed by atoms with Crippen molar-refractivity contribution in [2.24, 2.45) is 0 Å². The summed E-state index contributed by atoms with van der Waals surface area (Å²) in [6.45, 7) is 3.36. The summed E-state index contributed by atoms with van der Waals surface area (Å²) in [4.78, 5) is 0. The Kier molecular flexibility index (Phi) is 3.49. The van der Waals surface area contributed by atoms with E-state index in [1.54, 1.807) is 0 Å². The van der Waals surface area contributed by atoms with Crippen LogP contribution in [0.1, 0.15) is 29.8 Å². The van der Waals surface area contributed by atoms with E-state index in [1.807, 2.05) is 11.8 Å². The zero-order valence-corrected chi connectivity index (χ0v) is 9.44. The van der Waals surface area contributed by atoms with Crippen LogP contribution < -0.4 is 5.32 Å². The normalized spacial score (nSPS) is 22.2. The van der Waals surface area contributed by atoms with E-state index in [0.717, 1.165) is 13.0 Å². The molecule has 1 saturated heterocycles. The third-order valence-corrected chi connectivity index (χ3v) is 3.92. The molecule has 0 aromatic heterocycles. The lowest BCUT2D eigenvalue weighted by Gasteiger charge is -2.23. The first-order chi connectivity index (χ1) is 6.90. The molecule has 2 rings (SSSR count). The minimum absolute atomic E-state index is 0.523. The first-order valence-electron chi connectivity index (χ1n) is 5.34. The van der Waals surface area contributed by atoms with Gasteiger partial charge in [-0.1, -0.05) is 31.2 Å². The van der Waals surface area contributed by atoms with Gasteiger partial charge in [-0.3, -0.25) is 0 Å². The van der Waals surface area contributed by atoms with Crippen molar-refractivity contribution in [3.8, 4) is 0 Å². The lowest BCUT2D eigenvalue weighted by Crippen LogP contribution is -2.25. The monoisotopic (exact) mass is 207 g/mol. The van der Waals surface area contributed by atoms with Crippen LogP contribution in [0, 0.1) is 0 Å². The van der Waals surface area contributed by atoms with Gasteiger partial charge in [-0.25, -0.2) is 0 Å². The topological polar surface area (TPSA) is 12.0 Å². The predicted molar refractivity (Wildman–Crippen MR) is 63.6 cm³/mol. The number of hydrogen-bond acceptors (Lipinski definition) is 2. The Morgan fingerprint density at radius 3 is 2.71 bits per heavy atom. The van der Waals surface area contributed by atoms with Gasteiger partial charge in [0.2, 0.25) is 0 Å². The highest BCUT2D eigenvalue weighted by Crippen LogP contribution is 2.29. The van der Waals surface area contributed by atoms with Gasteiger partial charge in [0, 0.05) is 0 Å². The van der Waals surface area contributed by atoms with Crippen molar-refractivity contribution in [2.45, 2.75) is 25.1 Å². The first kappa shape index (κ1) is 10.1. The van der Waals surface area contributed by atoms with E-state index in [0.29, 0.717) is 5.37 Å². The number of rotatable bonds is 2. The molecule has 76 valence electrons. The van der Waals surface area contributed by atoms with E-state index in [-0.39, 0.29) is 0 Å². The van der Waals surface area contributed by atoms with Crippen molar-refractivity contribution in [3.63, 3.8) is 0 Å². The first-order valence-corrected chi connectivity index (χ1v) is 6.39. The number of benzene rings is 1. The second kappa shape index (κ2) is 4.85. The zero-order valence-electron chi connectivity index (χ0n) is 8.62. The Hall–Kier alpha value is -0.470. The quantitative estimate of drug-likeness (QED) is 0.800. The van der Waals surface area contributed by atoms with E-state index in [9.17, 15) is 0 Å². The molecule has 1 aliphatic rings. The second-order valence-corrected chi connectivity index (χ2v) is 4.87. The van der Waals surface area contributed by atoms with E-state index < -0.39 is 0 Å². The van der Waals surface area contributed by atoms with Gasteiger partial charge >= 0.3 is 0 Å². The number of thioether (sulfide) groups is 1. The number of hydrogen-bond donors (Lipinski definition) is 1. The second-order valence-electron chi connectivity index (χ2n) is 3.65. The fourth-order valence-corrected chi connectivity index (χ4v) is 2.84. The summed E-state index contributed by atoms with van der Waals surface area (Å²) in [6.07, 6.45) is 2.43. The molecule has 1 aromatic carbocycles. The Labute approximate surface area is 90.3 Å². The molecule has 1 heterocycles. The summed E-state index contributed by atoms with van der Waals surface area (Å²) in [5, 5.41) is 4.06. The van der Waals surface area contributed by atoms with Gasteiger partial charge in [-0.05, 0) is 36.3 Å². The molecule has 1 fully saturated rings. The molecule has 1 nitrogen and oxygen atoms in total. The van der Waals surface area contributed by atoms with E-state index in [1.165, 1.54) is 23.3 Å². The van der Waals surface area contributed by atoms with Gasteiger partial charge in [0.15, 0.2) is 0 Å². The standard InChI is InChI=1S/C12H17NS/c1-2-10-4-6-11(7-5-10)12-13-8-3-9-14-12/h4-7,12-13H,2-3,8-9H2,1H3. The van der Waals surface area contributed by atoms with Crippen LogP contribution in [0.15, 0.2) is 24.3 Å². The van der Waals surface area contributed by atoms with E-state index >= 15 is 0 Å². The summed E-state index contributed by atoms with van der Waals surface area (Å²) in [7, 11) is 0. The molecule has 14 heavy (non-hydrogen) atoms. The zero-order chi connectivity index (χ0) is 9.80. The molecule has 1 N–H and O–H groups in total. The molecular formula is C12H17NS. The maximum Gasteiger partial charge on any atom is 0.0789 e. The smallest absolute Gasteiger partial charge is 0.0789 e. The Bertz CT molecular complexity index is 275. The van der Waals surface area contributed by atoms with Gasteiger partial charge < -0.3 is 5.32 Å². The van der Waals surface area contributed by atoms with Gasteiger partial charge in [-0.2, -0.15) is 0 Å². The molecule has 0 bridgehead atoms. The largest absolute Gasteiger partial charge is 0.302 e. The average molecular weight is 207 g/mol. The molecule has 0 aliphatic carbocycles. The van der Waals surface area contributed by atoms with Crippen LogP contribution in [0.5, 0.6) is 0 Å². The highest BCUT2D eigenvalue weighted by atomic mass is 32.2. The Morgan fingerprint density at radius 1 is 1.36 bits per heavy atom. The van der Waals surface area contributed by atoms with Crippen LogP contribution in [-0.4, -0.2) is 12.3 Å². The van der Waals surface area contributed by atoms with Crippen LogP contribution in [0.2, 0.25) is 0 Å². The van der Waals surface area contributed by atoms with Crippen molar-refractivity contribution in [1.29, 1.82) is 0 Å². The lowest BCUT2D eigenvalue weighted by molar-refractivity contribution is 0.643. The average Bonchev–Trinajstić information content (AvgIpc) is 2.30. The number of aryl methyl sites for hydroxylation is 1.